The first-order chi connectivity index (χ1) is 12.7. The van der Waals surface area contributed by atoms with Gasteiger partial charge in [-0.3, -0.25) is 9.59 Å². The van der Waals surface area contributed by atoms with Crippen LogP contribution < -0.4 is 10.1 Å². The van der Waals surface area contributed by atoms with Crippen molar-refractivity contribution in [1.29, 1.82) is 0 Å². The lowest BCUT2D eigenvalue weighted by Gasteiger charge is -2.33. The number of nitrogens with one attached hydrogen (secondary N) is 1. The van der Waals surface area contributed by atoms with Crippen molar-refractivity contribution >= 4 is 17.5 Å². The second-order valence-electron chi connectivity index (χ2n) is 7.57. The largest absolute Gasteiger partial charge is 0.497 e. The second kappa shape index (κ2) is 9.06. The van der Waals surface area contributed by atoms with E-state index in [2.05, 4.69) is 10.2 Å². The molecule has 2 fully saturated rings. The van der Waals surface area contributed by atoms with Crippen LogP contribution in [0.5, 0.6) is 5.75 Å². The van der Waals surface area contributed by atoms with E-state index in [9.17, 15) is 9.59 Å². The molecule has 0 unspecified atom stereocenters. The summed E-state index contributed by atoms with van der Waals surface area (Å²) >= 11 is 0. The Kier molecular flexibility index (Phi) is 6.53. The van der Waals surface area contributed by atoms with Crippen molar-refractivity contribution in [1.82, 2.24) is 4.90 Å². The zero-order valence-electron chi connectivity index (χ0n) is 15.7. The van der Waals surface area contributed by atoms with Gasteiger partial charge in [-0.25, -0.2) is 0 Å². The van der Waals surface area contributed by atoms with Gasteiger partial charge in [0.05, 0.1) is 7.11 Å². The third-order valence-electron chi connectivity index (χ3n) is 5.76. The van der Waals surface area contributed by atoms with Crippen molar-refractivity contribution in [2.24, 2.45) is 11.8 Å². The molecule has 2 amide bonds. The van der Waals surface area contributed by atoms with E-state index < -0.39 is 0 Å². The van der Waals surface area contributed by atoms with E-state index in [-0.39, 0.29) is 11.8 Å². The lowest BCUT2D eigenvalue weighted by Crippen LogP contribution is -2.41. The molecule has 1 heterocycles. The average molecular weight is 358 g/mol. The summed E-state index contributed by atoms with van der Waals surface area (Å²) in [5.74, 6) is 1.97. The average Bonchev–Trinajstić information content (AvgIpc) is 3.21. The Morgan fingerprint density at radius 2 is 1.88 bits per heavy atom. The van der Waals surface area contributed by atoms with Crippen LogP contribution in [-0.2, 0) is 9.59 Å². The van der Waals surface area contributed by atoms with E-state index in [0.717, 1.165) is 56.6 Å². The monoisotopic (exact) mass is 358 g/mol. The van der Waals surface area contributed by atoms with Gasteiger partial charge in [0.2, 0.25) is 11.8 Å². The third-order valence-corrected chi connectivity index (χ3v) is 5.76. The Labute approximate surface area is 156 Å². The number of ether oxygens (including phenoxy) is 1. The van der Waals surface area contributed by atoms with Crippen molar-refractivity contribution in [2.45, 2.75) is 51.4 Å². The highest BCUT2D eigenvalue weighted by atomic mass is 16.5. The third kappa shape index (κ3) is 4.99. The van der Waals surface area contributed by atoms with Crippen LogP contribution in [0.25, 0.3) is 0 Å². The molecule has 2 aliphatic rings. The van der Waals surface area contributed by atoms with Crippen LogP contribution in [0.1, 0.15) is 51.4 Å². The van der Waals surface area contributed by atoms with Gasteiger partial charge in [0.25, 0.3) is 0 Å². The van der Waals surface area contributed by atoms with Crippen LogP contribution in [0.3, 0.4) is 0 Å². The maximum absolute atomic E-state index is 12.5. The smallest absolute Gasteiger partial charge is 0.225 e. The van der Waals surface area contributed by atoms with E-state index >= 15 is 0 Å². The van der Waals surface area contributed by atoms with E-state index in [1.54, 1.807) is 7.11 Å². The Bertz CT molecular complexity index is 617. The lowest BCUT2D eigenvalue weighted by molar-refractivity contribution is -0.136. The Morgan fingerprint density at radius 1 is 1.15 bits per heavy atom. The van der Waals surface area contributed by atoms with Crippen LogP contribution in [0.15, 0.2) is 24.3 Å². The number of benzene rings is 1. The summed E-state index contributed by atoms with van der Waals surface area (Å²) in [6.07, 6.45) is 8.01. The standard InChI is InChI=1S/C21H30N2O3/c1-26-19-8-4-7-18(15-19)22-20(24)10-9-16-11-13-23(14-12-16)21(25)17-5-2-3-6-17/h4,7-8,15-17H,2-3,5-6,9-14H2,1H3,(H,22,24). The van der Waals surface area contributed by atoms with Crippen LogP contribution in [0.4, 0.5) is 5.69 Å². The molecule has 1 aliphatic carbocycles. The molecule has 142 valence electrons. The number of hydrogen-bond acceptors (Lipinski definition) is 3. The zero-order valence-corrected chi connectivity index (χ0v) is 15.7. The van der Waals surface area contributed by atoms with Gasteiger partial charge < -0.3 is 15.0 Å². The van der Waals surface area contributed by atoms with Gasteiger partial charge in [-0.05, 0) is 50.2 Å². The van der Waals surface area contributed by atoms with Crippen molar-refractivity contribution in [3.8, 4) is 5.75 Å². The van der Waals surface area contributed by atoms with Gasteiger partial charge in [0.1, 0.15) is 5.75 Å². The molecule has 5 nitrogen and oxygen atoms in total. The molecule has 1 saturated heterocycles. The first-order valence-corrected chi connectivity index (χ1v) is 9.88. The van der Waals surface area contributed by atoms with Crippen molar-refractivity contribution < 1.29 is 14.3 Å². The molecular weight excluding hydrogens is 328 g/mol. The zero-order chi connectivity index (χ0) is 18.4. The Morgan fingerprint density at radius 3 is 2.58 bits per heavy atom. The minimum absolute atomic E-state index is 0.0442. The molecule has 0 bridgehead atoms. The molecule has 26 heavy (non-hydrogen) atoms. The fraction of sp³-hybridized carbons (Fsp3) is 0.619. The highest BCUT2D eigenvalue weighted by molar-refractivity contribution is 5.90. The number of hydrogen-bond donors (Lipinski definition) is 1. The predicted molar refractivity (Wildman–Crippen MR) is 102 cm³/mol. The molecular formula is C21H30N2O3. The molecule has 1 N–H and O–H groups in total. The maximum atomic E-state index is 12.5. The second-order valence-corrected chi connectivity index (χ2v) is 7.57. The molecule has 0 radical (unpaired) electrons. The number of anilines is 1. The van der Waals surface area contributed by atoms with Crippen LogP contribution in [-0.4, -0.2) is 36.9 Å². The molecule has 1 aliphatic heterocycles. The molecule has 5 heteroatoms. The fourth-order valence-electron chi connectivity index (χ4n) is 4.13. The first-order valence-electron chi connectivity index (χ1n) is 9.88. The minimum atomic E-state index is 0.0442. The van der Waals surface area contributed by atoms with Crippen molar-refractivity contribution in [3.63, 3.8) is 0 Å². The summed E-state index contributed by atoms with van der Waals surface area (Å²) in [6.45, 7) is 1.72. The predicted octanol–water partition coefficient (Wildman–Crippen LogP) is 3.84. The first kappa shape index (κ1) is 18.7. The number of rotatable bonds is 6. The number of methoxy groups -OCH3 is 1. The summed E-state index contributed by atoms with van der Waals surface area (Å²) in [7, 11) is 1.62. The van der Waals surface area contributed by atoms with Gasteiger partial charge in [-0.1, -0.05) is 18.9 Å². The maximum Gasteiger partial charge on any atom is 0.225 e. The SMILES string of the molecule is COc1cccc(NC(=O)CCC2CCN(C(=O)C3CCCC3)CC2)c1. The van der Waals surface area contributed by atoms with Gasteiger partial charge in [0.15, 0.2) is 0 Å². The Balaban J connectivity index is 1.37. The summed E-state index contributed by atoms with van der Waals surface area (Å²) in [6, 6.07) is 7.42. The Hall–Kier alpha value is -2.04. The topological polar surface area (TPSA) is 58.6 Å². The van der Waals surface area contributed by atoms with Gasteiger partial charge in [-0.2, -0.15) is 0 Å². The summed E-state index contributed by atoms with van der Waals surface area (Å²) in [5, 5.41) is 2.94. The number of nitrogens with zero attached hydrogens (tertiary/aromatic N) is 1. The van der Waals surface area contributed by atoms with Gasteiger partial charge in [0, 0.05) is 37.2 Å². The highest BCUT2D eigenvalue weighted by Crippen LogP contribution is 2.29. The summed E-state index contributed by atoms with van der Waals surface area (Å²) < 4.78 is 5.17. The molecule has 1 aromatic carbocycles. The number of likely N-dealkylation sites (tertiary alicyclic amines) is 1. The van der Waals surface area contributed by atoms with E-state index in [0.29, 0.717) is 18.2 Å². The normalized spacial score (nSPS) is 18.7. The summed E-state index contributed by atoms with van der Waals surface area (Å²) in [5.41, 5.74) is 0.770. The number of carbonyl (C=O) groups excluding carboxylic acids is 2. The van der Waals surface area contributed by atoms with E-state index in [1.165, 1.54) is 12.8 Å². The molecule has 1 aromatic rings. The number of carbonyl (C=O) groups is 2. The van der Waals surface area contributed by atoms with E-state index in [1.807, 2.05) is 24.3 Å². The quantitative estimate of drug-likeness (QED) is 0.840. The molecule has 3 rings (SSSR count). The van der Waals surface area contributed by atoms with Crippen molar-refractivity contribution in [3.05, 3.63) is 24.3 Å². The van der Waals surface area contributed by atoms with Gasteiger partial charge >= 0.3 is 0 Å². The van der Waals surface area contributed by atoms with Crippen LogP contribution in [0.2, 0.25) is 0 Å². The summed E-state index contributed by atoms with van der Waals surface area (Å²) in [4.78, 5) is 26.7. The fourth-order valence-corrected chi connectivity index (χ4v) is 4.13. The number of piperidine rings is 1. The lowest BCUT2D eigenvalue weighted by atomic mass is 9.91. The number of amides is 2. The van der Waals surface area contributed by atoms with Crippen LogP contribution >= 0.6 is 0 Å². The molecule has 0 atom stereocenters. The molecule has 0 aromatic heterocycles. The molecule has 1 saturated carbocycles. The highest BCUT2D eigenvalue weighted by Gasteiger charge is 2.30. The molecule has 0 spiro atoms. The van der Waals surface area contributed by atoms with Crippen molar-refractivity contribution in [2.75, 3.05) is 25.5 Å². The van der Waals surface area contributed by atoms with Crippen LogP contribution in [0, 0.1) is 11.8 Å². The minimum Gasteiger partial charge on any atom is -0.497 e. The van der Waals surface area contributed by atoms with Gasteiger partial charge in [-0.15, -0.1) is 0 Å². The van der Waals surface area contributed by atoms with E-state index in [4.69, 9.17) is 4.74 Å².